The van der Waals surface area contributed by atoms with Crippen LogP contribution in [-0.2, 0) is 28.5 Å². The molecule has 13 heteroatoms. The number of nitrogens with zero attached hydrogens (tertiary/aromatic N) is 3. The zero-order valence-corrected chi connectivity index (χ0v) is 34.6. The van der Waals surface area contributed by atoms with E-state index in [2.05, 4.69) is 18.7 Å². The number of aliphatic hydroxyl groups is 3. The first-order valence-electron chi connectivity index (χ1n) is 20.2. The lowest BCUT2D eigenvalue weighted by atomic mass is 9.78. The SMILES string of the molecule is CC[C@H]1OC(=O)[C@H](C)[C@H]2OC3(CCN(c4ccc(N)cc4)CC3)O[C@](C)(C[C@@H](C)CN(C)[C@H](C)[C@@H](O)[C@]1(C)O)[C@H](O[C@@H]1O[C@H](C)CC(N(C)C)[C@H]1O)[C@H]2C. The van der Waals surface area contributed by atoms with Crippen LogP contribution in [0.15, 0.2) is 24.3 Å². The van der Waals surface area contributed by atoms with Gasteiger partial charge < -0.3 is 59.4 Å². The summed E-state index contributed by atoms with van der Waals surface area (Å²) in [5.74, 6) is -2.83. The van der Waals surface area contributed by atoms with Gasteiger partial charge in [0.1, 0.15) is 23.9 Å². The van der Waals surface area contributed by atoms with Crippen LogP contribution in [0.4, 0.5) is 11.4 Å². The highest BCUT2D eigenvalue weighted by Crippen LogP contribution is 2.48. The van der Waals surface area contributed by atoms with Gasteiger partial charge in [-0.15, -0.1) is 0 Å². The summed E-state index contributed by atoms with van der Waals surface area (Å²) in [6.45, 7) is 17.2. The fourth-order valence-corrected chi connectivity index (χ4v) is 9.72. The van der Waals surface area contributed by atoms with Crippen LogP contribution < -0.4 is 10.6 Å². The van der Waals surface area contributed by atoms with Gasteiger partial charge in [-0.3, -0.25) is 4.79 Å². The molecule has 14 atom stereocenters. The highest BCUT2D eigenvalue weighted by Gasteiger charge is 2.58. The molecule has 4 aliphatic heterocycles. The molecule has 13 nitrogen and oxygen atoms in total. The number of ether oxygens (including phenoxy) is 5. The Hall–Kier alpha value is -2.07. The molecule has 0 amide bonds. The van der Waals surface area contributed by atoms with Crippen molar-refractivity contribution in [1.29, 1.82) is 0 Å². The van der Waals surface area contributed by atoms with Crippen molar-refractivity contribution in [2.75, 3.05) is 51.4 Å². The average Bonchev–Trinajstić information content (AvgIpc) is 3.19. The molecule has 1 spiro atoms. The van der Waals surface area contributed by atoms with Gasteiger partial charge in [-0.25, -0.2) is 0 Å². The highest BCUT2D eigenvalue weighted by atomic mass is 16.7. The zero-order valence-electron chi connectivity index (χ0n) is 34.6. The van der Waals surface area contributed by atoms with Gasteiger partial charge in [0.2, 0.25) is 0 Å². The minimum atomic E-state index is -1.71. The molecule has 54 heavy (non-hydrogen) atoms. The third-order valence-electron chi connectivity index (χ3n) is 13.0. The molecular weight excluding hydrogens is 692 g/mol. The zero-order chi connectivity index (χ0) is 39.9. The number of nitrogens with two attached hydrogens (primary N) is 1. The summed E-state index contributed by atoms with van der Waals surface area (Å²) < 4.78 is 34.2. The smallest absolute Gasteiger partial charge is 0.311 e. The molecule has 0 radical (unpaired) electrons. The first-order chi connectivity index (χ1) is 25.2. The van der Waals surface area contributed by atoms with Crippen LogP contribution >= 0.6 is 0 Å². The van der Waals surface area contributed by atoms with E-state index in [1.165, 1.54) is 0 Å². The Bertz CT molecular complexity index is 1390. The first-order valence-corrected chi connectivity index (χ1v) is 20.2. The van der Waals surface area contributed by atoms with Crippen molar-refractivity contribution in [3.63, 3.8) is 0 Å². The topological polar surface area (TPSA) is 160 Å². The number of carbonyl (C=O) groups is 1. The van der Waals surface area contributed by atoms with Gasteiger partial charge in [-0.2, -0.15) is 0 Å². The second kappa shape index (κ2) is 16.8. The number of likely N-dealkylation sites (N-methyl/N-ethyl adjacent to an activating group) is 2. The number of benzene rings is 1. The summed E-state index contributed by atoms with van der Waals surface area (Å²) in [6, 6.07) is 7.21. The van der Waals surface area contributed by atoms with E-state index in [1.54, 1.807) is 13.8 Å². The van der Waals surface area contributed by atoms with E-state index in [9.17, 15) is 20.1 Å². The summed E-state index contributed by atoms with van der Waals surface area (Å²) >= 11 is 0. The number of aliphatic hydroxyl groups excluding tert-OH is 2. The lowest BCUT2D eigenvalue weighted by Gasteiger charge is -2.49. The third-order valence-corrected chi connectivity index (χ3v) is 13.0. The normalized spacial score (nSPS) is 43.0. The van der Waals surface area contributed by atoms with E-state index in [-0.39, 0.29) is 18.1 Å². The molecule has 0 aromatic heterocycles. The van der Waals surface area contributed by atoms with Crippen molar-refractivity contribution in [3.05, 3.63) is 24.3 Å². The van der Waals surface area contributed by atoms with Gasteiger partial charge in [-0.1, -0.05) is 20.8 Å². The Morgan fingerprint density at radius 2 is 1.67 bits per heavy atom. The Morgan fingerprint density at radius 3 is 2.26 bits per heavy atom. The van der Waals surface area contributed by atoms with E-state index in [1.807, 2.05) is 82.9 Å². The van der Waals surface area contributed by atoms with Crippen molar-refractivity contribution in [1.82, 2.24) is 9.80 Å². The number of rotatable bonds is 5. The Labute approximate surface area is 323 Å². The summed E-state index contributed by atoms with van der Waals surface area (Å²) in [4.78, 5) is 20.6. The minimum Gasteiger partial charge on any atom is -0.459 e. The molecule has 5 rings (SSSR count). The average molecular weight is 763 g/mol. The Balaban J connectivity index is 1.60. The number of anilines is 2. The maximum absolute atomic E-state index is 14.3. The Kier molecular flexibility index (Phi) is 13.4. The van der Waals surface area contributed by atoms with Crippen molar-refractivity contribution < 1.29 is 43.8 Å². The maximum Gasteiger partial charge on any atom is 0.311 e. The van der Waals surface area contributed by atoms with Gasteiger partial charge >= 0.3 is 5.97 Å². The molecule has 1 unspecified atom stereocenters. The minimum absolute atomic E-state index is 0.0226. The van der Waals surface area contributed by atoms with Gasteiger partial charge in [-0.05, 0) is 105 Å². The molecule has 1 aromatic carbocycles. The van der Waals surface area contributed by atoms with Crippen molar-refractivity contribution in [2.45, 2.75) is 159 Å². The molecule has 4 saturated heterocycles. The summed E-state index contributed by atoms with van der Waals surface area (Å²) in [7, 11) is 5.83. The molecular formula is C41H70N4O9. The number of cyclic esters (lactones) is 1. The van der Waals surface area contributed by atoms with Gasteiger partial charge in [0.25, 0.3) is 0 Å². The van der Waals surface area contributed by atoms with Crippen LogP contribution in [-0.4, -0.2) is 144 Å². The number of nitrogen functional groups attached to an aromatic ring is 1. The molecule has 5 N–H and O–H groups in total. The fourth-order valence-electron chi connectivity index (χ4n) is 9.72. The Morgan fingerprint density at radius 1 is 1.04 bits per heavy atom. The van der Waals surface area contributed by atoms with Crippen LogP contribution in [0.5, 0.6) is 0 Å². The number of esters is 1. The van der Waals surface area contributed by atoms with Crippen LogP contribution in [0.2, 0.25) is 0 Å². The molecule has 4 aliphatic rings. The standard InChI is InChI=1S/C41H70N4O9/c1-12-32-40(8,49)35(47)28(6)44(11)23-24(2)22-39(7)36(52-38-33(46)31(43(9)10)21-25(3)50-38)26(4)34(27(5)37(48)51-32)53-41(54-39)17-19-45(20-18-41)30-15-13-29(42)14-16-30/h13-16,24-28,31-36,38,46-47,49H,12,17-23,42H2,1-11H3/t24-,25-,26+,27-,28-,31?,32-,33-,34+,35-,36-,38+,39-,40-/m1/s1. The summed E-state index contributed by atoms with van der Waals surface area (Å²) in [5, 5.41) is 35.0. The largest absolute Gasteiger partial charge is 0.459 e. The van der Waals surface area contributed by atoms with Gasteiger partial charge in [0.15, 0.2) is 12.1 Å². The third kappa shape index (κ3) is 8.89. The quantitative estimate of drug-likeness (QED) is 0.255. The molecule has 4 fully saturated rings. The molecule has 308 valence electrons. The number of fused-ring (bicyclic) bond motifs is 3. The summed E-state index contributed by atoms with van der Waals surface area (Å²) in [6.07, 6.45) is -3.07. The lowest BCUT2D eigenvalue weighted by Crippen LogP contribution is -2.60. The maximum atomic E-state index is 14.3. The number of carbonyl (C=O) groups excluding carboxylic acids is 1. The van der Waals surface area contributed by atoms with Crippen LogP contribution in [0.25, 0.3) is 0 Å². The van der Waals surface area contributed by atoms with E-state index in [0.717, 1.165) is 5.69 Å². The predicted octanol–water partition coefficient (Wildman–Crippen LogP) is 3.62. The number of piperidine rings is 1. The number of hydrogen-bond donors (Lipinski definition) is 4. The molecule has 2 bridgehead atoms. The van der Waals surface area contributed by atoms with E-state index >= 15 is 0 Å². The molecule has 0 saturated carbocycles. The van der Waals surface area contributed by atoms with Crippen molar-refractivity contribution in [3.8, 4) is 0 Å². The van der Waals surface area contributed by atoms with E-state index in [0.29, 0.717) is 57.4 Å². The predicted molar refractivity (Wildman–Crippen MR) is 208 cm³/mol. The van der Waals surface area contributed by atoms with Crippen molar-refractivity contribution >= 4 is 17.3 Å². The van der Waals surface area contributed by atoms with Gasteiger partial charge in [0.05, 0.1) is 29.8 Å². The van der Waals surface area contributed by atoms with Crippen LogP contribution in [0.1, 0.15) is 87.5 Å². The molecule has 1 aromatic rings. The van der Waals surface area contributed by atoms with E-state index in [4.69, 9.17) is 29.4 Å². The first kappa shape index (κ1) is 43.1. The fraction of sp³-hybridized carbons (Fsp3) is 0.829. The number of hydrogen-bond acceptors (Lipinski definition) is 13. The highest BCUT2D eigenvalue weighted by molar-refractivity contribution is 5.73. The monoisotopic (exact) mass is 763 g/mol. The summed E-state index contributed by atoms with van der Waals surface area (Å²) in [5.41, 5.74) is 5.08. The van der Waals surface area contributed by atoms with Crippen molar-refractivity contribution in [2.24, 2.45) is 17.8 Å². The van der Waals surface area contributed by atoms with Gasteiger partial charge in [0, 0.05) is 61.9 Å². The van der Waals surface area contributed by atoms with E-state index < -0.39 is 77.6 Å². The molecule has 4 heterocycles. The second-order valence-electron chi connectivity index (χ2n) is 17.8. The lowest BCUT2D eigenvalue weighted by molar-refractivity contribution is -0.328. The van der Waals surface area contributed by atoms with Crippen LogP contribution in [0.3, 0.4) is 0 Å². The van der Waals surface area contributed by atoms with Crippen LogP contribution in [0, 0.1) is 17.8 Å². The second-order valence-corrected chi connectivity index (χ2v) is 17.8. The molecule has 0 aliphatic carbocycles.